The maximum Gasteiger partial charge on any atom is 0.291 e. The van der Waals surface area contributed by atoms with Crippen molar-refractivity contribution in [1.82, 2.24) is 0 Å². The Balaban J connectivity index is 1.79. The SMILES string of the molecule is CC(=O)Nc1cccc(NC(=O)c2ccc(-c3ccc(F)cc3)o2)c1C. The molecule has 0 saturated heterocycles. The molecule has 0 bridgehead atoms. The fraction of sp³-hybridized carbons (Fsp3) is 0.100. The second-order valence-corrected chi connectivity index (χ2v) is 5.78. The predicted octanol–water partition coefficient (Wildman–Crippen LogP) is 4.60. The molecule has 0 fully saturated rings. The molecular weight excluding hydrogens is 335 g/mol. The average Bonchev–Trinajstić information content (AvgIpc) is 3.09. The van der Waals surface area contributed by atoms with Crippen molar-refractivity contribution in [2.75, 3.05) is 10.6 Å². The van der Waals surface area contributed by atoms with Gasteiger partial charge in [0.25, 0.3) is 5.91 Å². The molecule has 3 aromatic rings. The molecule has 0 aliphatic carbocycles. The topological polar surface area (TPSA) is 71.3 Å². The number of hydrogen-bond donors (Lipinski definition) is 2. The van der Waals surface area contributed by atoms with Crippen LogP contribution in [-0.4, -0.2) is 11.8 Å². The van der Waals surface area contributed by atoms with Crippen LogP contribution in [0.1, 0.15) is 23.0 Å². The minimum atomic E-state index is -0.415. The second-order valence-electron chi connectivity index (χ2n) is 5.78. The van der Waals surface area contributed by atoms with Crippen LogP contribution in [0.15, 0.2) is 59.0 Å². The lowest BCUT2D eigenvalue weighted by Gasteiger charge is -2.12. The van der Waals surface area contributed by atoms with Crippen LogP contribution in [0.4, 0.5) is 15.8 Å². The van der Waals surface area contributed by atoms with Gasteiger partial charge in [0.2, 0.25) is 5.91 Å². The van der Waals surface area contributed by atoms with Gasteiger partial charge in [-0.05, 0) is 61.0 Å². The van der Waals surface area contributed by atoms with Gasteiger partial charge in [0.05, 0.1) is 0 Å². The Morgan fingerprint density at radius 1 is 0.923 bits per heavy atom. The summed E-state index contributed by atoms with van der Waals surface area (Å²) in [6.45, 7) is 3.22. The van der Waals surface area contributed by atoms with E-state index in [1.807, 2.05) is 0 Å². The molecule has 0 aliphatic rings. The van der Waals surface area contributed by atoms with Crippen LogP contribution in [0.3, 0.4) is 0 Å². The van der Waals surface area contributed by atoms with Crippen molar-refractivity contribution in [3.8, 4) is 11.3 Å². The van der Waals surface area contributed by atoms with Crippen molar-refractivity contribution in [3.05, 3.63) is 71.7 Å². The first-order valence-corrected chi connectivity index (χ1v) is 7.98. The van der Waals surface area contributed by atoms with Gasteiger partial charge in [0, 0.05) is 23.9 Å². The first kappa shape index (κ1) is 17.4. The molecule has 1 heterocycles. The zero-order chi connectivity index (χ0) is 18.7. The maximum absolute atomic E-state index is 13.0. The Morgan fingerprint density at radius 3 is 2.23 bits per heavy atom. The molecule has 5 nitrogen and oxygen atoms in total. The van der Waals surface area contributed by atoms with Crippen LogP contribution >= 0.6 is 0 Å². The van der Waals surface area contributed by atoms with Gasteiger partial charge >= 0.3 is 0 Å². The molecule has 1 aromatic heterocycles. The van der Waals surface area contributed by atoms with Crippen molar-refractivity contribution in [2.45, 2.75) is 13.8 Å². The zero-order valence-corrected chi connectivity index (χ0v) is 14.3. The van der Waals surface area contributed by atoms with Crippen LogP contribution in [0.25, 0.3) is 11.3 Å². The first-order chi connectivity index (χ1) is 12.4. The number of rotatable bonds is 4. The van der Waals surface area contributed by atoms with E-state index in [1.165, 1.54) is 19.1 Å². The second kappa shape index (κ2) is 7.23. The third kappa shape index (κ3) is 3.80. The number of halogens is 1. The van der Waals surface area contributed by atoms with E-state index in [0.29, 0.717) is 22.7 Å². The van der Waals surface area contributed by atoms with Crippen LogP contribution < -0.4 is 10.6 Å². The molecule has 132 valence electrons. The van der Waals surface area contributed by atoms with Crippen LogP contribution in [0.5, 0.6) is 0 Å². The summed E-state index contributed by atoms with van der Waals surface area (Å²) >= 11 is 0. The van der Waals surface area contributed by atoms with Crippen LogP contribution in [0.2, 0.25) is 0 Å². The van der Waals surface area contributed by atoms with Gasteiger partial charge in [-0.2, -0.15) is 0 Å². The Hall–Kier alpha value is -3.41. The van der Waals surface area contributed by atoms with E-state index in [-0.39, 0.29) is 17.5 Å². The molecule has 0 unspecified atom stereocenters. The molecule has 26 heavy (non-hydrogen) atoms. The fourth-order valence-corrected chi connectivity index (χ4v) is 2.51. The quantitative estimate of drug-likeness (QED) is 0.720. The monoisotopic (exact) mass is 352 g/mol. The smallest absolute Gasteiger partial charge is 0.291 e. The average molecular weight is 352 g/mol. The number of amides is 2. The molecule has 2 aromatic carbocycles. The summed E-state index contributed by atoms with van der Waals surface area (Å²) in [4.78, 5) is 23.7. The van der Waals surface area contributed by atoms with E-state index in [0.717, 1.165) is 5.56 Å². The summed E-state index contributed by atoms with van der Waals surface area (Å²) in [6, 6.07) is 14.3. The molecule has 3 rings (SSSR count). The highest BCUT2D eigenvalue weighted by molar-refractivity contribution is 6.03. The van der Waals surface area contributed by atoms with Gasteiger partial charge in [-0.25, -0.2) is 4.39 Å². The lowest BCUT2D eigenvalue weighted by Crippen LogP contribution is -2.13. The number of benzene rings is 2. The van der Waals surface area contributed by atoms with Gasteiger partial charge < -0.3 is 15.1 Å². The largest absolute Gasteiger partial charge is 0.451 e. The molecule has 6 heteroatoms. The highest BCUT2D eigenvalue weighted by Gasteiger charge is 2.14. The van der Waals surface area contributed by atoms with Crippen molar-refractivity contribution in [3.63, 3.8) is 0 Å². The minimum Gasteiger partial charge on any atom is -0.451 e. The summed E-state index contributed by atoms with van der Waals surface area (Å²) < 4.78 is 18.6. The van der Waals surface area contributed by atoms with Gasteiger partial charge in [0.15, 0.2) is 5.76 Å². The third-order valence-corrected chi connectivity index (χ3v) is 3.85. The zero-order valence-electron chi connectivity index (χ0n) is 14.3. The molecule has 0 spiro atoms. The Labute approximate surface area is 149 Å². The van der Waals surface area contributed by atoms with E-state index >= 15 is 0 Å². The highest BCUT2D eigenvalue weighted by Crippen LogP contribution is 2.26. The van der Waals surface area contributed by atoms with Gasteiger partial charge in [-0.15, -0.1) is 0 Å². The van der Waals surface area contributed by atoms with Crippen LogP contribution in [0, 0.1) is 12.7 Å². The van der Waals surface area contributed by atoms with E-state index < -0.39 is 5.91 Å². The maximum atomic E-state index is 13.0. The molecule has 2 amide bonds. The Bertz CT molecular complexity index is 961. The summed E-state index contributed by atoms with van der Waals surface area (Å²) in [5.74, 6) is -0.340. The Morgan fingerprint density at radius 2 is 1.58 bits per heavy atom. The highest BCUT2D eigenvalue weighted by atomic mass is 19.1. The number of carbonyl (C=O) groups excluding carboxylic acids is 2. The number of anilines is 2. The van der Waals surface area contributed by atoms with Gasteiger partial charge in [0.1, 0.15) is 11.6 Å². The first-order valence-electron chi connectivity index (χ1n) is 7.98. The number of furan rings is 1. The summed E-state index contributed by atoms with van der Waals surface area (Å²) in [7, 11) is 0. The number of carbonyl (C=O) groups is 2. The number of nitrogens with one attached hydrogen (secondary N) is 2. The molecule has 0 saturated carbocycles. The third-order valence-electron chi connectivity index (χ3n) is 3.85. The van der Waals surface area contributed by atoms with Crippen molar-refractivity contribution in [1.29, 1.82) is 0 Å². The van der Waals surface area contributed by atoms with Crippen molar-refractivity contribution < 1.29 is 18.4 Å². The van der Waals surface area contributed by atoms with Crippen molar-refractivity contribution in [2.24, 2.45) is 0 Å². The van der Waals surface area contributed by atoms with Gasteiger partial charge in [-0.1, -0.05) is 6.07 Å². The van der Waals surface area contributed by atoms with Crippen molar-refractivity contribution >= 4 is 23.2 Å². The number of hydrogen-bond acceptors (Lipinski definition) is 3. The minimum absolute atomic E-state index is 0.133. The van der Waals surface area contributed by atoms with E-state index in [4.69, 9.17) is 4.42 Å². The predicted molar refractivity (Wildman–Crippen MR) is 97.5 cm³/mol. The van der Waals surface area contributed by atoms with Crippen LogP contribution in [-0.2, 0) is 4.79 Å². The molecule has 2 N–H and O–H groups in total. The normalized spacial score (nSPS) is 10.4. The molecule has 0 aliphatic heterocycles. The van der Waals surface area contributed by atoms with E-state index in [2.05, 4.69) is 10.6 Å². The standard InChI is InChI=1S/C20H17FN2O3/c1-12-16(22-13(2)24)4-3-5-17(12)23-20(25)19-11-10-18(26-19)14-6-8-15(21)9-7-14/h3-11H,1-2H3,(H,22,24)(H,23,25). The lowest BCUT2D eigenvalue weighted by atomic mass is 10.1. The van der Waals surface area contributed by atoms with E-state index in [9.17, 15) is 14.0 Å². The van der Waals surface area contributed by atoms with E-state index in [1.54, 1.807) is 49.4 Å². The summed E-state index contributed by atoms with van der Waals surface area (Å²) in [6.07, 6.45) is 0. The Kier molecular flexibility index (Phi) is 4.84. The summed E-state index contributed by atoms with van der Waals surface area (Å²) in [5.41, 5.74) is 2.61. The molecule has 0 radical (unpaired) electrons. The fourth-order valence-electron chi connectivity index (χ4n) is 2.51. The molecular formula is C20H17FN2O3. The van der Waals surface area contributed by atoms with Gasteiger partial charge in [-0.3, -0.25) is 9.59 Å². The lowest BCUT2D eigenvalue weighted by molar-refractivity contribution is -0.114. The molecule has 0 atom stereocenters. The summed E-state index contributed by atoms with van der Waals surface area (Å²) in [5, 5.41) is 5.48.